The van der Waals surface area contributed by atoms with Crippen LogP contribution in [0.2, 0.25) is 0 Å². The molecule has 0 aliphatic heterocycles. The monoisotopic (exact) mass is 361 g/mol. The molecule has 0 heterocycles. The lowest BCUT2D eigenvalue weighted by Crippen LogP contribution is -2.25. The van der Waals surface area contributed by atoms with Gasteiger partial charge in [-0.05, 0) is 50.8 Å². The molecule has 0 saturated heterocycles. The van der Waals surface area contributed by atoms with Gasteiger partial charge in [-0.2, -0.15) is 0 Å². The highest BCUT2D eigenvalue weighted by Gasteiger charge is 2.04. The maximum Gasteiger partial charge on any atom is 0.233 e. The Morgan fingerprint density at radius 2 is 1.70 bits per heavy atom. The van der Waals surface area contributed by atoms with Crippen LogP contribution < -0.4 is 9.44 Å². The van der Waals surface area contributed by atoms with Gasteiger partial charge in [0.05, 0.1) is 6.26 Å². The summed E-state index contributed by atoms with van der Waals surface area (Å²) < 4.78 is 50.6. The second kappa shape index (κ2) is 8.44. The lowest BCUT2D eigenvalue weighted by Gasteiger charge is -2.08. The van der Waals surface area contributed by atoms with Crippen molar-refractivity contribution in [3.63, 3.8) is 0 Å². The molecule has 130 valence electrons. The highest BCUT2D eigenvalue weighted by atomic mass is 32.2. The van der Waals surface area contributed by atoms with Gasteiger partial charge in [0.15, 0.2) is 0 Å². The molecule has 1 aromatic rings. The van der Waals surface area contributed by atoms with Crippen LogP contribution in [0.4, 0.5) is 5.69 Å². The summed E-state index contributed by atoms with van der Waals surface area (Å²) in [7, 11) is -2.94. The molecule has 1 rings (SSSR count). The first-order valence-electron chi connectivity index (χ1n) is 6.98. The summed E-state index contributed by atoms with van der Waals surface area (Å²) in [6.07, 6.45) is 3.25. The highest BCUT2D eigenvalue weighted by Crippen LogP contribution is 2.12. The zero-order chi connectivity index (χ0) is 17.5. The third-order valence-electron chi connectivity index (χ3n) is 2.74. The highest BCUT2D eigenvalue weighted by molar-refractivity contribution is 7.92. The average molecular weight is 361 g/mol. The number of nitrogens with one attached hydrogen (secondary N) is 2. The zero-order valence-electron chi connectivity index (χ0n) is 13.5. The minimum absolute atomic E-state index is 0.377. The molecule has 0 aliphatic carbocycles. The summed E-state index contributed by atoms with van der Waals surface area (Å²) in [4.78, 5) is 1.98. The molecule has 2 N–H and O–H groups in total. The predicted octanol–water partition coefficient (Wildman–Crippen LogP) is 0.900. The third kappa shape index (κ3) is 9.34. The average Bonchev–Trinajstić information content (AvgIpc) is 2.41. The maximum atomic E-state index is 11.8. The van der Waals surface area contributed by atoms with Gasteiger partial charge in [0, 0.05) is 17.6 Å². The zero-order valence-corrected chi connectivity index (χ0v) is 15.1. The molecule has 0 aromatic heterocycles. The van der Waals surface area contributed by atoms with Gasteiger partial charge in [0.25, 0.3) is 0 Å². The van der Waals surface area contributed by atoms with Crippen LogP contribution in [0.3, 0.4) is 0 Å². The first-order valence-corrected chi connectivity index (χ1v) is 10.4. The van der Waals surface area contributed by atoms with Crippen LogP contribution in [-0.2, 0) is 20.0 Å². The summed E-state index contributed by atoms with van der Waals surface area (Å²) in [6, 6.07) is 6.40. The van der Waals surface area contributed by atoms with E-state index in [0.29, 0.717) is 17.8 Å². The Morgan fingerprint density at radius 1 is 1.09 bits per heavy atom. The molecule has 0 unspecified atom stereocenters. The molecule has 23 heavy (non-hydrogen) atoms. The third-order valence-corrected chi connectivity index (χ3v) is 4.45. The summed E-state index contributed by atoms with van der Waals surface area (Å²) >= 11 is 0. The normalized spacial score (nSPS) is 12.9. The summed E-state index contributed by atoms with van der Waals surface area (Å²) in [5, 5.41) is 1.10. The van der Waals surface area contributed by atoms with E-state index >= 15 is 0 Å². The quantitative estimate of drug-likeness (QED) is 0.637. The number of hydrogen-bond donors (Lipinski definition) is 2. The lowest BCUT2D eigenvalue weighted by molar-refractivity contribution is 0.400. The molecule has 0 amide bonds. The fourth-order valence-electron chi connectivity index (χ4n) is 1.70. The Bertz CT molecular complexity index is 724. The van der Waals surface area contributed by atoms with Gasteiger partial charge in [0.1, 0.15) is 0 Å². The molecular formula is C14H23N3O4S2. The van der Waals surface area contributed by atoms with E-state index in [1.807, 2.05) is 19.0 Å². The number of sulfonamides is 2. The topological polar surface area (TPSA) is 95.6 Å². The van der Waals surface area contributed by atoms with Crippen molar-refractivity contribution in [3.05, 3.63) is 35.2 Å². The molecule has 0 radical (unpaired) electrons. The Balaban J connectivity index is 2.58. The number of hydrogen-bond acceptors (Lipinski definition) is 5. The number of nitrogens with zero attached hydrogens (tertiary/aromatic N) is 1. The Morgan fingerprint density at radius 3 is 2.22 bits per heavy atom. The van der Waals surface area contributed by atoms with E-state index in [1.54, 1.807) is 24.3 Å². The van der Waals surface area contributed by atoms with E-state index < -0.39 is 20.0 Å². The van der Waals surface area contributed by atoms with E-state index in [4.69, 9.17) is 0 Å². The standard InChI is InChI=1S/C14H23N3O4S2/c1-17(2)11-4-10-15-23(20,21)12-9-13-5-7-14(8-6-13)16-22(3,18)19/h5-9,12,15-16H,4,10-11H2,1-3H3. The van der Waals surface area contributed by atoms with Gasteiger partial charge < -0.3 is 4.90 Å². The second-order valence-corrected chi connectivity index (χ2v) is 8.79. The summed E-state index contributed by atoms with van der Waals surface area (Å²) in [5.41, 5.74) is 1.08. The van der Waals surface area contributed by atoms with E-state index in [2.05, 4.69) is 9.44 Å². The van der Waals surface area contributed by atoms with Crippen molar-refractivity contribution in [2.24, 2.45) is 0 Å². The van der Waals surface area contributed by atoms with Gasteiger partial charge in [-0.25, -0.2) is 21.6 Å². The Hall–Kier alpha value is -1.42. The summed E-state index contributed by atoms with van der Waals surface area (Å²) in [5.74, 6) is 0. The van der Waals surface area contributed by atoms with E-state index in [1.165, 1.54) is 6.08 Å². The van der Waals surface area contributed by atoms with Gasteiger partial charge in [0.2, 0.25) is 20.0 Å². The smallest absolute Gasteiger partial charge is 0.233 e. The van der Waals surface area contributed by atoms with Crippen molar-refractivity contribution in [1.82, 2.24) is 9.62 Å². The van der Waals surface area contributed by atoms with Gasteiger partial charge in [-0.15, -0.1) is 0 Å². The minimum Gasteiger partial charge on any atom is -0.309 e. The van der Waals surface area contributed by atoms with Gasteiger partial charge in [-0.3, -0.25) is 4.72 Å². The lowest BCUT2D eigenvalue weighted by atomic mass is 10.2. The molecule has 1 aromatic carbocycles. The maximum absolute atomic E-state index is 11.8. The molecule has 0 bridgehead atoms. The number of rotatable bonds is 9. The fourth-order valence-corrected chi connectivity index (χ4v) is 3.13. The molecule has 9 heteroatoms. The molecular weight excluding hydrogens is 338 g/mol. The molecule has 0 aliphatic rings. The van der Waals surface area contributed by atoms with Crippen molar-refractivity contribution in [1.29, 1.82) is 0 Å². The van der Waals surface area contributed by atoms with Crippen molar-refractivity contribution in [2.75, 3.05) is 38.2 Å². The van der Waals surface area contributed by atoms with Crippen molar-refractivity contribution >= 4 is 31.8 Å². The van der Waals surface area contributed by atoms with Crippen LogP contribution in [0.25, 0.3) is 6.08 Å². The SMILES string of the molecule is CN(C)CCCNS(=O)(=O)C=Cc1ccc(NS(C)(=O)=O)cc1. The fraction of sp³-hybridized carbons (Fsp3) is 0.429. The Kier molecular flexibility index (Phi) is 7.20. The first-order chi connectivity index (χ1) is 10.6. The van der Waals surface area contributed by atoms with E-state index in [0.717, 1.165) is 24.6 Å². The van der Waals surface area contributed by atoms with Crippen LogP contribution in [0.15, 0.2) is 29.7 Å². The van der Waals surface area contributed by atoms with Crippen LogP contribution >= 0.6 is 0 Å². The Labute approximate surface area is 138 Å². The van der Waals surface area contributed by atoms with Crippen molar-refractivity contribution in [2.45, 2.75) is 6.42 Å². The second-order valence-electron chi connectivity index (χ2n) is 5.40. The number of benzene rings is 1. The van der Waals surface area contributed by atoms with Crippen LogP contribution in [0.1, 0.15) is 12.0 Å². The summed E-state index contributed by atoms with van der Waals surface area (Å²) in [6.45, 7) is 1.18. The van der Waals surface area contributed by atoms with Crippen molar-refractivity contribution < 1.29 is 16.8 Å². The predicted molar refractivity (Wildman–Crippen MR) is 94.0 cm³/mol. The molecule has 0 saturated carbocycles. The molecule has 7 nitrogen and oxygen atoms in total. The van der Waals surface area contributed by atoms with Crippen LogP contribution in [-0.4, -0.2) is 55.2 Å². The van der Waals surface area contributed by atoms with E-state index in [-0.39, 0.29) is 0 Å². The molecule has 0 atom stereocenters. The van der Waals surface area contributed by atoms with Crippen LogP contribution in [0, 0.1) is 0 Å². The molecule has 0 fully saturated rings. The van der Waals surface area contributed by atoms with Crippen LogP contribution in [0.5, 0.6) is 0 Å². The van der Waals surface area contributed by atoms with Gasteiger partial charge in [-0.1, -0.05) is 12.1 Å². The number of anilines is 1. The van der Waals surface area contributed by atoms with Gasteiger partial charge >= 0.3 is 0 Å². The largest absolute Gasteiger partial charge is 0.309 e. The minimum atomic E-state index is -3.48. The van der Waals surface area contributed by atoms with Crippen molar-refractivity contribution in [3.8, 4) is 0 Å². The van der Waals surface area contributed by atoms with E-state index in [9.17, 15) is 16.8 Å². The molecule has 0 spiro atoms. The first kappa shape index (κ1) is 19.6.